The molecule has 2 unspecified atom stereocenters. The highest BCUT2D eigenvalue weighted by atomic mass is 16.5. The average molecular weight is 383 g/mol. The number of ether oxygens (including phenoxy) is 1. The van der Waals surface area contributed by atoms with Crippen LogP contribution in [-0.2, 0) is 14.3 Å². The van der Waals surface area contributed by atoms with Gasteiger partial charge in [-0.3, -0.25) is 9.59 Å². The first-order valence-corrected chi connectivity index (χ1v) is 10.5. The third-order valence-corrected chi connectivity index (χ3v) is 5.59. The van der Waals surface area contributed by atoms with Crippen LogP contribution in [0.15, 0.2) is 12.2 Å². The summed E-state index contributed by atoms with van der Waals surface area (Å²) >= 11 is 0. The molecule has 2 N–H and O–H groups in total. The Bertz CT molecular complexity index is 483. The van der Waals surface area contributed by atoms with Gasteiger partial charge in [0.2, 0.25) is 0 Å². The van der Waals surface area contributed by atoms with Crippen LogP contribution < -0.4 is 0 Å². The van der Waals surface area contributed by atoms with Crippen molar-refractivity contribution in [3.8, 4) is 0 Å². The predicted octanol–water partition coefficient (Wildman–Crippen LogP) is 3.95. The van der Waals surface area contributed by atoms with Gasteiger partial charge < -0.3 is 14.9 Å². The van der Waals surface area contributed by atoms with Gasteiger partial charge in [-0.05, 0) is 32.6 Å². The molecule has 0 spiro atoms. The minimum Gasteiger partial charge on any atom is -0.469 e. The number of aliphatic hydroxyl groups is 2. The quantitative estimate of drug-likeness (QED) is 0.286. The molecule has 0 aromatic rings. The summed E-state index contributed by atoms with van der Waals surface area (Å²) in [5, 5.41) is 20.6. The van der Waals surface area contributed by atoms with Crippen LogP contribution in [0.25, 0.3) is 0 Å². The number of esters is 1. The highest BCUT2D eigenvalue weighted by Crippen LogP contribution is 2.34. The molecule has 0 saturated heterocycles. The van der Waals surface area contributed by atoms with Gasteiger partial charge >= 0.3 is 5.97 Å². The molecule has 1 rings (SSSR count). The Morgan fingerprint density at radius 1 is 1.26 bits per heavy atom. The summed E-state index contributed by atoms with van der Waals surface area (Å²) in [7, 11) is 1.40. The molecule has 4 atom stereocenters. The number of methoxy groups -OCH3 is 1. The van der Waals surface area contributed by atoms with E-state index in [4.69, 9.17) is 0 Å². The lowest BCUT2D eigenvalue weighted by atomic mass is 9.87. The Morgan fingerprint density at radius 3 is 2.63 bits per heavy atom. The number of carbonyl (C=O) groups excluding carboxylic acids is 2. The van der Waals surface area contributed by atoms with E-state index in [1.54, 1.807) is 0 Å². The Kier molecular flexibility index (Phi) is 10.9. The molecule has 0 amide bonds. The third-order valence-electron chi connectivity index (χ3n) is 5.59. The number of aliphatic hydroxyl groups excluding tert-OH is 1. The Balaban J connectivity index is 2.42. The SMILES string of the molecule is CCCCC(C)(O)C/C=C/[C@@H]1C(CCCCCCC(=O)OC)C(=O)C[C@@H]1O. The van der Waals surface area contributed by atoms with E-state index in [0.717, 1.165) is 51.4 Å². The molecule has 1 saturated carbocycles. The number of Topliss-reactive ketones (excluding diaryl/α,β-unsaturated/α-hetero) is 1. The van der Waals surface area contributed by atoms with Crippen molar-refractivity contribution >= 4 is 11.8 Å². The van der Waals surface area contributed by atoms with Crippen molar-refractivity contribution in [2.24, 2.45) is 11.8 Å². The number of rotatable bonds is 13. The van der Waals surface area contributed by atoms with Crippen molar-refractivity contribution in [3.05, 3.63) is 12.2 Å². The summed E-state index contributed by atoms with van der Waals surface area (Å²) in [4.78, 5) is 23.3. The molecule has 0 bridgehead atoms. The number of hydrogen-bond acceptors (Lipinski definition) is 5. The van der Waals surface area contributed by atoms with Crippen molar-refractivity contribution < 1.29 is 24.5 Å². The van der Waals surface area contributed by atoms with Gasteiger partial charge in [0.25, 0.3) is 0 Å². The number of hydrogen-bond donors (Lipinski definition) is 2. The highest BCUT2D eigenvalue weighted by molar-refractivity contribution is 5.84. The summed E-state index contributed by atoms with van der Waals surface area (Å²) < 4.78 is 4.62. The lowest BCUT2D eigenvalue weighted by Crippen LogP contribution is -2.23. The van der Waals surface area contributed by atoms with Gasteiger partial charge in [-0.1, -0.05) is 51.2 Å². The van der Waals surface area contributed by atoms with Crippen LogP contribution in [0, 0.1) is 11.8 Å². The molecule has 0 aromatic heterocycles. The summed E-state index contributed by atoms with van der Waals surface area (Å²) in [5.41, 5.74) is -0.727. The molecule has 5 heteroatoms. The smallest absolute Gasteiger partial charge is 0.305 e. The van der Waals surface area contributed by atoms with E-state index in [0.29, 0.717) is 12.8 Å². The molecule has 27 heavy (non-hydrogen) atoms. The van der Waals surface area contributed by atoms with E-state index in [1.165, 1.54) is 7.11 Å². The molecular weight excluding hydrogens is 344 g/mol. The average Bonchev–Trinajstić information content (AvgIpc) is 2.89. The van der Waals surface area contributed by atoms with E-state index in [-0.39, 0.29) is 30.0 Å². The first-order valence-electron chi connectivity index (χ1n) is 10.5. The van der Waals surface area contributed by atoms with Crippen molar-refractivity contribution in [2.45, 2.75) is 96.2 Å². The van der Waals surface area contributed by atoms with Crippen LogP contribution in [0.3, 0.4) is 0 Å². The van der Waals surface area contributed by atoms with Crippen LogP contribution in [-0.4, -0.2) is 40.8 Å². The zero-order chi connectivity index (χ0) is 20.3. The molecule has 1 aliphatic carbocycles. The Morgan fingerprint density at radius 2 is 1.96 bits per heavy atom. The second-order valence-electron chi connectivity index (χ2n) is 8.18. The molecule has 0 heterocycles. The van der Waals surface area contributed by atoms with Gasteiger partial charge in [0.1, 0.15) is 5.78 Å². The van der Waals surface area contributed by atoms with Crippen LogP contribution >= 0.6 is 0 Å². The molecular formula is C22H38O5. The number of unbranched alkanes of at least 4 members (excludes halogenated alkanes) is 4. The van der Waals surface area contributed by atoms with E-state index in [1.807, 2.05) is 19.1 Å². The normalized spacial score (nSPS) is 25.1. The fourth-order valence-corrected chi connectivity index (χ4v) is 3.82. The Labute approximate surface area is 164 Å². The standard InChI is InChI=1S/C22H38O5/c1-4-5-14-22(2,26)15-10-12-18-17(19(23)16-20(18)24)11-8-6-7-9-13-21(25)27-3/h10,12,17-18,20,24,26H,4-9,11,13-16H2,1-3H3/b12-10+/t17?,18-,20+,22?/m1/s1. The highest BCUT2D eigenvalue weighted by Gasteiger charge is 2.39. The van der Waals surface area contributed by atoms with E-state index < -0.39 is 11.7 Å². The molecule has 5 nitrogen and oxygen atoms in total. The largest absolute Gasteiger partial charge is 0.469 e. The van der Waals surface area contributed by atoms with Crippen LogP contribution in [0.2, 0.25) is 0 Å². The van der Waals surface area contributed by atoms with Gasteiger partial charge in [0, 0.05) is 24.7 Å². The van der Waals surface area contributed by atoms with Gasteiger partial charge in [0.05, 0.1) is 18.8 Å². The minimum atomic E-state index is -0.727. The van der Waals surface area contributed by atoms with Crippen LogP contribution in [0.4, 0.5) is 0 Å². The van der Waals surface area contributed by atoms with Gasteiger partial charge in [-0.15, -0.1) is 0 Å². The minimum absolute atomic E-state index is 0.127. The monoisotopic (exact) mass is 382 g/mol. The van der Waals surface area contributed by atoms with E-state index >= 15 is 0 Å². The number of ketones is 1. The fraction of sp³-hybridized carbons (Fsp3) is 0.818. The maximum absolute atomic E-state index is 12.2. The van der Waals surface area contributed by atoms with Gasteiger partial charge in [-0.25, -0.2) is 0 Å². The van der Waals surface area contributed by atoms with Crippen LogP contribution in [0.1, 0.15) is 84.5 Å². The van der Waals surface area contributed by atoms with E-state index in [9.17, 15) is 19.8 Å². The van der Waals surface area contributed by atoms with Crippen molar-refractivity contribution in [2.75, 3.05) is 7.11 Å². The summed E-state index contributed by atoms with van der Waals surface area (Å²) in [5.74, 6) is -0.305. The molecule has 0 aliphatic heterocycles. The second-order valence-corrected chi connectivity index (χ2v) is 8.18. The lowest BCUT2D eigenvalue weighted by molar-refractivity contribution is -0.140. The molecule has 156 valence electrons. The number of carbonyl (C=O) groups is 2. The third kappa shape index (κ3) is 9.02. The first-order chi connectivity index (χ1) is 12.8. The van der Waals surface area contributed by atoms with Crippen LogP contribution in [0.5, 0.6) is 0 Å². The molecule has 1 aliphatic rings. The zero-order valence-electron chi connectivity index (χ0n) is 17.3. The summed E-state index contributed by atoms with van der Waals surface area (Å²) in [6.45, 7) is 3.95. The predicted molar refractivity (Wildman–Crippen MR) is 106 cm³/mol. The summed E-state index contributed by atoms with van der Waals surface area (Å²) in [6, 6.07) is 0. The Hall–Kier alpha value is -1.20. The van der Waals surface area contributed by atoms with Crippen molar-refractivity contribution in [1.29, 1.82) is 0 Å². The molecule has 0 aromatic carbocycles. The fourth-order valence-electron chi connectivity index (χ4n) is 3.82. The molecule has 1 fully saturated rings. The van der Waals surface area contributed by atoms with Gasteiger partial charge in [-0.2, -0.15) is 0 Å². The maximum atomic E-state index is 12.2. The first kappa shape index (κ1) is 23.8. The van der Waals surface area contributed by atoms with Crippen molar-refractivity contribution in [1.82, 2.24) is 0 Å². The second kappa shape index (κ2) is 12.3. The van der Waals surface area contributed by atoms with Crippen molar-refractivity contribution in [3.63, 3.8) is 0 Å². The molecule has 0 radical (unpaired) electrons. The topological polar surface area (TPSA) is 83.8 Å². The van der Waals surface area contributed by atoms with E-state index in [2.05, 4.69) is 11.7 Å². The zero-order valence-corrected chi connectivity index (χ0v) is 17.3. The lowest BCUT2D eigenvalue weighted by Gasteiger charge is -2.22. The maximum Gasteiger partial charge on any atom is 0.305 e. The summed E-state index contributed by atoms with van der Waals surface area (Å²) in [6.07, 6.45) is 11.7. The van der Waals surface area contributed by atoms with Gasteiger partial charge in [0.15, 0.2) is 0 Å².